The van der Waals surface area contributed by atoms with Gasteiger partial charge in [-0.3, -0.25) is 4.68 Å². The largest absolute Gasteiger partial charge is 0.313 e. The highest BCUT2D eigenvalue weighted by Crippen LogP contribution is 1.94. The summed E-state index contributed by atoms with van der Waals surface area (Å²) < 4.78 is 1.83. The second-order valence-corrected chi connectivity index (χ2v) is 3.36. The van der Waals surface area contributed by atoms with Crippen LogP contribution in [0.25, 0.3) is 0 Å². The van der Waals surface area contributed by atoms with Crippen molar-refractivity contribution in [2.24, 2.45) is 7.05 Å². The van der Waals surface area contributed by atoms with Crippen LogP contribution in [0.4, 0.5) is 0 Å². The Labute approximate surface area is 79.5 Å². The second kappa shape index (κ2) is 4.82. The summed E-state index contributed by atoms with van der Waals surface area (Å²) in [6, 6.07) is 2.04. The van der Waals surface area contributed by atoms with Gasteiger partial charge in [0.15, 0.2) is 0 Å². The van der Waals surface area contributed by atoms with E-state index in [1.807, 2.05) is 30.9 Å². The summed E-state index contributed by atoms with van der Waals surface area (Å²) in [5.41, 5.74) is 2.30. The molecular formula is C10H17N3. The van der Waals surface area contributed by atoms with Crippen molar-refractivity contribution in [3.05, 3.63) is 30.1 Å². The highest BCUT2D eigenvalue weighted by atomic mass is 15.2. The van der Waals surface area contributed by atoms with Crippen LogP contribution < -0.4 is 5.32 Å². The van der Waals surface area contributed by atoms with E-state index in [1.165, 1.54) is 5.57 Å². The molecule has 1 aromatic rings. The molecule has 1 aromatic heterocycles. The molecule has 0 aliphatic rings. The van der Waals surface area contributed by atoms with Gasteiger partial charge in [0.25, 0.3) is 0 Å². The lowest BCUT2D eigenvalue weighted by Gasteiger charge is -2.01. The van der Waals surface area contributed by atoms with Crippen LogP contribution in [0.2, 0.25) is 0 Å². The fraction of sp³-hybridized carbons (Fsp3) is 0.500. The number of nitrogens with one attached hydrogen (secondary N) is 1. The van der Waals surface area contributed by atoms with Crippen molar-refractivity contribution in [2.75, 3.05) is 13.1 Å². The molecule has 0 saturated heterocycles. The van der Waals surface area contributed by atoms with Crippen LogP contribution in [0.15, 0.2) is 24.4 Å². The van der Waals surface area contributed by atoms with E-state index in [1.54, 1.807) is 0 Å². The Kier molecular flexibility index (Phi) is 3.71. The first kappa shape index (κ1) is 9.99. The summed E-state index contributed by atoms with van der Waals surface area (Å²) >= 11 is 0. The molecule has 0 unspecified atom stereocenters. The average Bonchev–Trinajstić information content (AvgIpc) is 2.45. The molecule has 0 aromatic carbocycles. The van der Waals surface area contributed by atoms with E-state index < -0.39 is 0 Å². The van der Waals surface area contributed by atoms with Crippen LogP contribution in [0.1, 0.15) is 12.6 Å². The summed E-state index contributed by atoms with van der Waals surface area (Å²) in [5, 5.41) is 7.58. The molecule has 0 aliphatic carbocycles. The lowest BCUT2D eigenvalue weighted by atomic mass is 10.3. The van der Waals surface area contributed by atoms with Gasteiger partial charge < -0.3 is 5.32 Å². The Hall–Kier alpha value is -1.09. The number of aryl methyl sites for hydroxylation is 1. The molecule has 0 bridgehead atoms. The Morgan fingerprint density at radius 1 is 1.69 bits per heavy atom. The van der Waals surface area contributed by atoms with Crippen molar-refractivity contribution in [2.45, 2.75) is 13.3 Å². The van der Waals surface area contributed by atoms with Crippen molar-refractivity contribution in [1.82, 2.24) is 15.1 Å². The molecule has 3 nitrogen and oxygen atoms in total. The minimum atomic E-state index is 0.896. The normalized spacial score (nSPS) is 10.3. The summed E-state index contributed by atoms with van der Waals surface area (Å²) in [5.74, 6) is 0. The van der Waals surface area contributed by atoms with Crippen LogP contribution in [-0.2, 0) is 13.5 Å². The quantitative estimate of drug-likeness (QED) is 0.542. The third-order valence-corrected chi connectivity index (χ3v) is 1.75. The maximum atomic E-state index is 4.28. The van der Waals surface area contributed by atoms with Gasteiger partial charge in [0.05, 0.1) is 5.69 Å². The predicted octanol–water partition coefficient (Wildman–Crippen LogP) is 1.13. The predicted molar refractivity (Wildman–Crippen MR) is 54.6 cm³/mol. The minimum absolute atomic E-state index is 0.896. The monoisotopic (exact) mass is 179 g/mol. The first-order valence-electron chi connectivity index (χ1n) is 4.52. The van der Waals surface area contributed by atoms with Crippen LogP contribution in [-0.4, -0.2) is 22.9 Å². The van der Waals surface area contributed by atoms with Crippen LogP contribution >= 0.6 is 0 Å². The van der Waals surface area contributed by atoms with Crippen molar-refractivity contribution in [1.29, 1.82) is 0 Å². The Morgan fingerprint density at radius 3 is 3.00 bits per heavy atom. The summed E-state index contributed by atoms with van der Waals surface area (Å²) in [6.45, 7) is 7.70. The second-order valence-electron chi connectivity index (χ2n) is 3.36. The van der Waals surface area contributed by atoms with E-state index in [4.69, 9.17) is 0 Å². The number of hydrogen-bond donors (Lipinski definition) is 1. The van der Waals surface area contributed by atoms with E-state index in [2.05, 4.69) is 17.0 Å². The number of hydrogen-bond acceptors (Lipinski definition) is 2. The SMILES string of the molecule is C=C(C)CNCCc1ccn(C)n1. The minimum Gasteiger partial charge on any atom is -0.313 e. The molecule has 0 atom stereocenters. The third-order valence-electron chi connectivity index (χ3n) is 1.75. The molecule has 3 heteroatoms. The van der Waals surface area contributed by atoms with Gasteiger partial charge in [0.2, 0.25) is 0 Å². The topological polar surface area (TPSA) is 29.9 Å². The highest BCUT2D eigenvalue weighted by Gasteiger charge is 1.95. The van der Waals surface area contributed by atoms with Crippen LogP contribution in [0.5, 0.6) is 0 Å². The Bertz CT molecular complexity index is 275. The molecule has 72 valence electrons. The van der Waals surface area contributed by atoms with E-state index in [9.17, 15) is 0 Å². The van der Waals surface area contributed by atoms with Crippen LogP contribution in [0, 0.1) is 0 Å². The molecule has 0 spiro atoms. The number of aromatic nitrogens is 2. The van der Waals surface area contributed by atoms with E-state index in [0.29, 0.717) is 0 Å². The van der Waals surface area contributed by atoms with E-state index in [-0.39, 0.29) is 0 Å². The number of nitrogens with zero attached hydrogens (tertiary/aromatic N) is 2. The molecule has 0 radical (unpaired) electrons. The zero-order valence-corrected chi connectivity index (χ0v) is 8.38. The Balaban J connectivity index is 2.16. The molecule has 0 aliphatic heterocycles. The maximum absolute atomic E-state index is 4.28. The van der Waals surface area contributed by atoms with Crippen LogP contribution in [0.3, 0.4) is 0 Å². The van der Waals surface area contributed by atoms with Crippen molar-refractivity contribution in [3.8, 4) is 0 Å². The zero-order valence-electron chi connectivity index (χ0n) is 8.38. The van der Waals surface area contributed by atoms with Gasteiger partial charge in [-0.2, -0.15) is 5.10 Å². The zero-order chi connectivity index (χ0) is 9.68. The molecule has 0 fully saturated rings. The lowest BCUT2D eigenvalue weighted by molar-refractivity contribution is 0.692. The summed E-state index contributed by atoms with van der Waals surface area (Å²) in [4.78, 5) is 0. The van der Waals surface area contributed by atoms with Crippen molar-refractivity contribution in [3.63, 3.8) is 0 Å². The van der Waals surface area contributed by atoms with Gasteiger partial charge in [-0.15, -0.1) is 0 Å². The third kappa shape index (κ3) is 3.90. The maximum Gasteiger partial charge on any atom is 0.0637 e. The van der Waals surface area contributed by atoms with Gasteiger partial charge in [-0.25, -0.2) is 0 Å². The first-order chi connectivity index (χ1) is 6.18. The molecule has 0 saturated carbocycles. The smallest absolute Gasteiger partial charge is 0.0637 e. The van der Waals surface area contributed by atoms with E-state index >= 15 is 0 Å². The fourth-order valence-electron chi connectivity index (χ4n) is 1.11. The molecular weight excluding hydrogens is 162 g/mol. The van der Waals surface area contributed by atoms with Gasteiger partial charge in [-0.1, -0.05) is 12.2 Å². The van der Waals surface area contributed by atoms with Gasteiger partial charge >= 0.3 is 0 Å². The standard InChI is InChI=1S/C10H17N3/c1-9(2)8-11-6-4-10-5-7-13(3)12-10/h5,7,11H,1,4,6,8H2,2-3H3. The van der Waals surface area contributed by atoms with Crippen molar-refractivity contribution >= 4 is 0 Å². The highest BCUT2D eigenvalue weighted by molar-refractivity contribution is 4.99. The molecule has 1 rings (SSSR count). The Morgan fingerprint density at radius 2 is 2.46 bits per heavy atom. The molecule has 1 heterocycles. The molecule has 0 amide bonds. The summed E-state index contributed by atoms with van der Waals surface area (Å²) in [6.07, 6.45) is 2.95. The van der Waals surface area contributed by atoms with Gasteiger partial charge in [0.1, 0.15) is 0 Å². The fourth-order valence-corrected chi connectivity index (χ4v) is 1.11. The van der Waals surface area contributed by atoms with Crippen molar-refractivity contribution < 1.29 is 0 Å². The van der Waals surface area contributed by atoms with Gasteiger partial charge in [0, 0.05) is 32.8 Å². The molecule has 1 N–H and O–H groups in total. The average molecular weight is 179 g/mol. The molecule has 13 heavy (non-hydrogen) atoms. The number of rotatable bonds is 5. The van der Waals surface area contributed by atoms with Gasteiger partial charge in [-0.05, 0) is 13.0 Å². The van der Waals surface area contributed by atoms with E-state index in [0.717, 1.165) is 25.2 Å². The lowest BCUT2D eigenvalue weighted by Crippen LogP contribution is -2.19. The first-order valence-corrected chi connectivity index (χ1v) is 4.52. The summed E-state index contributed by atoms with van der Waals surface area (Å²) in [7, 11) is 1.94.